The van der Waals surface area contributed by atoms with E-state index in [9.17, 15) is 14.7 Å². The van der Waals surface area contributed by atoms with Gasteiger partial charge in [-0.1, -0.05) is 51.4 Å². The van der Waals surface area contributed by atoms with Crippen LogP contribution in [-0.4, -0.2) is 28.9 Å². The Morgan fingerprint density at radius 2 is 1.04 bits per heavy atom. The Bertz CT molecular complexity index is 420. The van der Waals surface area contributed by atoms with Gasteiger partial charge in [-0.25, -0.2) is 0 Å². The van der Waals surface area contributed by atoms with Gasteiger partial charge in [0.2, 0.25) is 5.91 Å². The Morgan fingerprint density at radius 1 is 0.625 bits per heavy atom. The molecule has 0 aromatic rings. The molecule has 0 unspecified atom stereocenters. The number of carboxylic acid groups (broad SMARTS) is 1. The molecule has 1 amide bonds. The number of hydrogen-bond donors (Lipinski definition) is 0. The van der Waals surface area contributed by atoms with Crippen LogP contribution >= 0.6 is 0 Å². The number of nitrogens with zero attached hydrogens (tertiary/aromatic N) is 1. The van der Waals surface area contributed by atoms with Gasteiger partial charge in [-0.05, 0) is 38.5 Å². The van der Waals surface area contributed by atoms with E-state index in [0.717, 1.165) is 44.9 Å². The van der Waals surface area contributed by atoms with Gasteiger partial charge >= 0.3 is 0 Å². The fourth-order valence-corrected chi connectivity index (χ4v) is 5.28. The zero-order valence-corrected chi connectivity index (χ0v) is 14.9. The van der Waals surface area contributed by atoms with Crippen LogP contribution in [0, 0.1) is 11.8 Å². The molecular formula is C20H32NO3-. The van der Waals surface area contributed by atoms with Crippen molar-refractivity contribution in [1.29, 1.82) is 0 Å². The summed E-state index contributed by atoms with van der Waals surface area (Å²) in [6.45, 7) is 0. The van der Waals surface area contributed by atoms with Gasteiger partial charge in [-0.15, -0.1) is 0 Å². The SMILES string of the molecule is O=C([O-])[C@H]1CCCC[C@@H]1C(=O)N(C1CCCCC1)C1CCCCC1. The Labute approximate surface area is 146 Å². The lowest BCUT2D eigenvalue weighted by atomic mass is 9.77. The summed E-state index contributed by atoms with van der Waals surface area (Å²) in [5.74, 6) is -1.78. The highest BCUT2D eigenvalue weighted by Gasteiger charge is 2.40. The largest absolute Gasteiger partial charge is 0.550 e. The molecule has 3 aliphatic rings. The third kappa shape index (κ3) is 3.94. The fourth-order valence-electron chi connectivity index (χ4n) is 5.28. The highest BCUT2D eigenvalue weighted by Crippen LogP contribution is 2.36. The maximum absolute atomic E-state index is 13.4. The molecule has 0 bridgehead atoms. The second-order valence-corrected chi connectivity index (χ2v) is 8.15. The van der Waals surface area contributed by atoms with E-state index in [2.05, 4.69) is 4.90 Å². The first-order valence-electron chi connectivity index (χ1n) is 10.2. The van der Waals surface area contributed by atoms with Crippen LogP contribution < -0.4 is 5.11 Å². The predicted molar refractivity (Wildman–Crippen MR) is 91.0 cm³/mol. The maximum atomic E-state index is 13.4. The van der Waals surface area contributed by atoms with Crippen LogP contribution in [0.2, 0.25) is 0 Å². The zero-order chi connectivity index (χ0) is 16.9. The lowest BCUT2D eigenvalue weighted by molar-refractivity contribution is -0.314. The third-order valence-electron chi connectivity index (χ3n) is 6.58. The molecule has 2 atom stereocenters. The van der Waals surface area contributed by atoms with Crippen molar-refractivity contribution in [1.82, 2.24) is 4.90 Å². The van der Waals surface area contributed by atoms with Gasteiger partial charge in [0.25, 0.3) is 0 Å². The smallest absolute Gasteiger partial charge is 0.226 e. The molecule has 24 heavy (non-hydrogen) atoms. The van der Waals surface area contributed by atoms with Gasteiger partial charge in [-0.3, -0.25) is 4.79 Å². The van der Waals surface area contributed by atoms with Crippen molar-refractivity contribution >= 4 is 11.9 Å². The Hall–Kier alpha value is -1.06. The van der Waals surface area contributed by atoms with Crippen LogP contribution in [0.4, 0.5) is 0 Å². The molecule has 4 nitrogen and oxygen atoms in total. The van der Waals surface area contributed by atoms with Crippen molar-refractivity contribution in [3.8, 4) is 0 Å². The standard InChI is InChI=1S/C20H33NO3/c22-19(17-13-7-8-14-18(17)20(23)24)21(15-9-3-1-4-10-15)16-11-5-2-6-12-16/h15-18H,1-14H2,(H,23,24)/p-1/t17-,18-/m0/s1. The Morgan fingerprint density at radius 3 is 1.50 bits per heavy atom. The molecule has 4 heteroatoms. The van der Waals surface area contributed by atoms with E-state index in [-0.39, 0.29) is 11.8 Å². The van der Waals surface area contributed by atoms with Crippen LogP contribution in [0.5, 0.6) is 0 Å². The molecule has 0 radical (unpaired) electrons. The highest BCUT2D eigenvalue weighted by molar-refractivity contribution is 5.85. The second-order valence-electron chi connectivity index (χ2n) is 8.15. The summed E-state index contributed by atoms with van der Waals surface area (Å²) in [7, 11) is 0. The molecule has 0 saturated heterocycles. The number of carboxylic acids is 1. The van der Waals surface area contributed by atoms with E-state index in [1.165, 1.54) is 38.5 Å². The molecule has 3 saturated carbocycles. The topological polar surface area (TPSA) is 60.4 Å². The number of carbonyl (C=O) groups excluding carboxylic acids is 2. The fraction of sp³-hybridized carbons (Fsp3) is 0.900. The summed E-state index contributed by atoms with van der Waals surface area (Å²) in [4.78, 5) is 27.2. The molecule has 0 aliphatic heterocycles. The highest BCUT2D eigenvalue weighted by atomic mass is 16.4. The minimum absolute atomic E-state index is 0.141. The average Bonchev–Trinajstić information content (AvgIpc) is 2.63. The first-order valence-corrected chi connectivity index (χ1v) is 10.2. The van der Waals surface area contributed by atoms with E-state index >= 15 is 0 Å². The van der Waals surface area contributed by atoms with E-state index < -0.39 is 11.9 Å². The summed E-state index contributed by atoms with van der Waals surface area (Å²) in [6.07, 6.45) is 15.0. The molecule has 0 spiro atoms. The number of hydrogen-bond acceptors (Lipinski definition) is 3. The Kier molecular flexibility index (Phi) is 6.18. The molecule has 3 aliphatic carbocycles. The number of aliphatic carboxylic acids is 1. The summed E-state index contributed by atoms with van der Waals surface area (Å²) in [6, 6.07) is 0.692. The molecule has 3 rings (SSSR count). The predicted octanol–water partition coefficient (Wildman–Crippen LogP) is 3.04. The summed E-state index contributed by atoms with van der Waals surface area (Å²) in [5.41, 5.74) is 0. The first kappa shape index (κ1) is 17.8. The van der Waals surface area contributed by atoms with Crippen molar-refractivity contribution < 1.29 is 14.7 Å². The van der Waals surface area contributed by atoms with Gasteiger partial charge in [0, 0.05) is 29.9 Å². The van der Waals surface area contributed by atoms with Gasteiger partial charge in [-0.2, -0.15) is 0 Å². The van der Waals surface area contributed by atoms with E-state index in [1.54, 1.807) is 0 Å². The Balaban J connectivity index is 1.79. The molecule has 0 aromatic carbocycles. The van der Waals surface area contributed by atoms with Crippen molar-refractivity contribution in [2.24, 2.45) is 11.8 Å². The van der Waals surface area contributed by atoms with Gasteiger partial charge in [0.1, 0.15) is 0 Å². The van der Waals surface area contributed by atoms with E-state index in [4.69, 9.17) is 0 Å². The molecule has 0 N–H and O–H groups in total. The maximum Gasteiger partial charge on any atom is 0.226 e. The normalized spacial score (nSPS) is 30.0. The summed E-state index contributed by atoms with van der Waals surface area (Å²) < 4.78 is 0. The third-order valence-corrected chi connectivity index (χ3v) is 6.58. The van der Waals surface area contributed by atoms with E-state index in [0.29, 0.717) is 18.5 Å². The van der Waals surface area contributed by atoms with Crippen molar-refractivity contribution in [2.75, 3.05) is 0 Å². The van der Waals surface area contributed by atoms with Crippen molar-refractivity contribution in [3.05, 3.63) is 0 Å². The minimum Gasteiger partial charge on any atom is -0.550 e. The lowest BCUT2D eigenvalue weighted by Crippen LogP contribution is -2.54. The summed E-state index contributed by atoms with van der Waals surface area (Å²) >= 11 is 0. The van der Waals surface area contributed by atoms with Gasteiger partial charge < -0.3 is 14.8 Å². The van der Waals surface area contributed by atoms with Crippen LogP contribution in [0.25, 0.3) is 0 Å². The first-order chi connectivity index (χ1) is 11.7. The molecule has 3 fully saturated rings. The number of carbonyl (C=O) groups is 2. The van der Waals surface area contributed by atoms with Gasteiger partial charge in [0.15, 0.2) is 0 Å². The van der Waals surface area contributed by atoms with Crippen molar-refractivity contribution in [3.63, 3.8) is 0 Å². The minimum atomic E-state index is -1.01. The number of amides is 1. The van der Waals surface area contributed by atoms with Crippen LogP contribution in [0.1, 0.15) is 89.9 Å². The summed E-state index contributed by atoms with van der Waals surface area (Å²) in [5, 5.41) is 11.6. The lowest BCUT2D eigenvalue weighted by Gasteiger charge is -2.45. The second kappa shape index (κ2) is 8.35. The molecule has 0 heterocycles. The zero-order valence-electron chi connectivity index (χ0n) is 14.9. The van der Waals surface area contributed by atoms with Gasteiger partial charge in [0.05, 0.1) is 0 Å². The monoisotopic (exact) mass is 334 g/mol. The quantitative estimate of drug-likeness (QED) is 0.794. The number of rotatable bonds is 4. The van der Waals surface area contributed by atoms with Crippen LogP contribution in [0.15, 0.2) is 0 Å². The molecular weight excluding hydrogens is 302 g/mol. The van der Waals surface area contributed by atoms with E-state index in [1.807, 2.05) is 0 Å². The van der Waals surface area contributed by atoms with Crippen LogP contribution in [0.3, 0.4) is 0 Å². The van der Waals surface area contributed by atoms with Crippen molar-refractivity contribution in [2.45, 2.75) is 102 Å². The van der Waals surface area contributed by atoms with Crippen LogP contribution in [-0.2, 0) is 9.59 Å². The molecule has 0 aromatic heterocycles. The average molecular weight is 334 g/mol. The molecule has 136 valence electrons.